The normalized spacial score (nSPS) is 18.4. The lowest BCUT2D eigenvalue weighted by Crippen LogP contribution is -2.41. The number of ether oxygens (including phenoxy) is 5. The number of para-hydroxylation sites is 1. The van der Waals surface area contributed by atoms with E-state index in [0.717, 1.165) is 0 Å². The summed E-state index contributed by atoms with van der Waals surface area (Å²) in [7, 11) is 0. The Hall–Kier alpha value is -6.07. The number of carbonyl (C=O) groups is 4. The molecule has 0 radical (unpaired) electrons. The Morgan fingerprint density at radius 2 is 1.14 bits per heavy atom. The zero-order valence-electron chi connectivity index (χ0n) is 26.3. The molecule has 248 valence electrons. The van der Waals surface area contributed by atoms with Gasteiger partial charge in [-0.2, -0.15) is 0 Å². The molecule has 2 heterocycles. The molecule has 0 amide bonds. The summed E-state index contributed by atoms with van der Waals surface area (Å²) in [4.78, 5) is 66.5. The summed E-state index contributed by atoms with van der Waals surface area (Å²) < 4.78 is 30.8. The molecule has 1 saturated heterocycles. The van der Waals surface area contributed by atoms with Crippen molar-refractivity contribution in [3.8, 4) is 0 Å². The molecule has 1 aliphatic rings. The number of nitrogens with zero attached hydrogens (tertiary/aromatic N) is 1. The van der Waals surface area contributed by atoms with Crippen LogP contribution in [0.15, 0.2) is 126 Å². The Morgan fingerprint density at radius 1 is 0.633 bits per heavy atom. The number of fused-ring (bicyclic) bond motifs is 1. The highest BCUT2D eigenvalue weighted by atomic mass is 16.7. The monoisotopic (exact) mass is 661 g/mol. The van der Waals surface area contributed by atoms with E-state index in [-0.39, 0.29) is 34.2 Å². The first-order valence-electron chi connectivity index (χ1n) is 15.6. The molecular weight excluding hydrogens is 630 g/mol. The Morgan fingerprint density at radius 3 is 1.71 bits per heavy atom. The van der Waals surface area contributed by atoms with Crippen LogP contribution in [-0.4, -0.2) is 60.0 Å². The molecule has 6 rings (SSSR count). The zero-order valence-corrected chi connectivity index (χ0v) is 26.3. The van der Waals surface area contributed by atoms with Gasteiger partial charge in [-0.25, -0.2) is 19.2 Å². The van der Waals surface area contributed by atoms with Gasteiger partial charge >= 0.3 is 23.9 Å². The van der Waals surface area contributed by atoms with E-state index >= 15 is 0 Å². The van der Waals surface area contributed by atoms with Crippen LogP contribution in [0.1, 0.15) is 54.6 Å². The summed E-state index contributed by atoms with van der Waals surface area (Å²) in [6, 6.07) is 31.2. The van der Waals surface area contributed by atoms with Crippen LogP contribution < -0.4 is 5.43 Å². The minimum atomic E-state index is -1.36. The Bertz CT molecular complexity index is 2030. The highest BCUT2D eigenvalue weighted by Gasteiger charge is 2.51. The fourth-order valence-corrected chi connectivity index (χ4v) is 5.55. The van der Waals surface area contributed by atoms with Crippen LogP contribution in [0.4, 0.5) is 0 Å². The van der Waals surface area contributed by atoms with Crippen molar-refractivity contribution >= 4 is 34.8 Å². The predicted molar refractivity (Wildman–Crippen MR) is 176 cm³/mol. The summed E-state index contributed by atoms with van der Waals surface area (Å²) in [5.74, 6) is -3.01. The largest absolute Gasteiger partial charge is 0.462 e. The van der Waals surface area contributed by atoms with Crippen LogP contribution in [0.5, 0.6) is 0 Å². The average Bonchev–Trinajstić information content (AvgIpc) is 3.47. The molecule has 11 nitrogen and oxygen atoms in total. The molecule has 0 unspecified atom stereocenters. The van der Waals surface area contributed by atoms with Crippen LogP contribution in [0.2, 0.25) is 0 Å². The maximum atomic E-state index is 13.6. The number of aromatic nitrogens is 1. The minimum Gasteiger partial charge on any atom is -0.462 e. The maximum absolute atomic E-state index is 13.6. The van der Waals surface area contributed by atoms with E-state index in [2.05, 4.69) is 0 Å². The van der Waals surface area contributed by atoms with Crippen molar-refractivity contribution in [2.75, 3.05) is 13.2 Å². The molecule has 0 saturated carbocycles. The van der Waals surface area contributed by atoms with Gasteiger partial charge in [0, 0.05) is 11.6 Å². The van der Waals surface area contributed by atoms with E-state index in [9.17, 15) is 24.0 Å². The molecular formula is C38H31NO10. The van der Waals surface area contributed by atoms with Crippen molar-refractivity contribution in [2.45, 2.75) is 31.5 Å². The van der Waals surface area contributed by atoms with Crippen LogP contribution >= 0.6 is 0 Å². The van der Waals surface area contributed by atoms with E-state index in [1.165, 1.54) is 10.8 Å². The average molecular weight is 662 g/mol. The lowest BCUT2D eigenvalue weighted by atomic mass is 10.1. The molecule has 5 aromatic rings. The molecule has 0 spiro atoms. The highest BCUT2D eigenvalue weighted by Crippen LogP contribution is 2.37. The second-order valence-electron chi connectivity index (χ2n) is 11.0. The summed E-state index contributed by atoms with van der Waals surface area (Å²) in [5.41, 5.74) is 0.201. The highest BCUT2D eigenvalue weighted by molar-refractivity contribution is 5.94. The van der Waals surface area contributed by atoms with Crippen molar-refractivity contribution in [2.24, 2.45) is 0 Å². The number of pyridine rings is 1. The number of hydrogen-bond donors (Lipinski definition) is 0. The maximum Gasteiger partial charge on any atom is 0.343 e. The molecule has 4 aromatic carbocycles. The number of hydrogen-bond acceptors (Lipinski definition) is 10. The van der Waals surface area contributed by atoms with Gasteiger partial charge in [-0.3, -0.25) is 4.79 Å². The molecule has 0 bridgehead atoms. The topological polar surface area (TPSA) is 136 Å². The fourth-order valence-electron chi connectivity index (χ4n) is 5.55. The standard InChI is InChI=1S/C38H31NO10/c1-2-45-38(44)28-22-39(29-21-13-12-20-27(29)31(28)40)34-33(49-37(43)26-18-10-5-11-19-26)32(48-36(42)25-16-8-4-9-17-25)30(47-34)23-46-35(41)24-14-6-3-7-15-24/h3-22,30,32-34H,2,23H2,1H3/t30-,32-,33-,34-/m1/s1. The van der Waals surface area contributed by atoms with E-state index < -0.39 is 60.5 Å². The Balaban J connectivity index is 1.46. The van der Waals surface area contributed by atoms with Gasteiger partial charge in [-0.15, -0.1) is 0 Å². The second-order valence-corrected chi connectivity index (χ2v) is 11.0. The number of benzene rings is 4. The van der Waals surface area contributed by atoms with Gasteiger partial charge < -0.3 is 28.3 Å². The van der Waals surface area contributed by atoms with Gasteiger partial charge in [0.2, 0.25) is 5.43 Å². The van der Waals surface area contributed by atoms with Crippen LogP contribution in [-0.2, 0) is 23.7 Å². The smallest absolute Gasteiger partial charge is 0.343 e. The summed E-state index contributed by atoms with van der Waals surface area (Å²) >= 11 is 0. The van der Waals surface area contributed by atoms with Crippen molar-refractivity contribution in [3.05, 3.63) is 154 Å². The summed E-state index contributed by atoms with van der Waals surface area (Å²) in [5, 5.41) is 0.168. The number of rotatable bonds is 10. The van der Waals surface area contributed by atoms with Gasteiger partial charge in [-0.05, 0) is 55.5 Å². The fraction of sp³-hybridized carbons (Fsp3) is 0.184. The zero-order chi connectivity index (χ0) is 34.3. The molecule has 4 atom stereocenters. The SMILES string of the molecule is CCOC(=O)c1cn([C@@H]2O[C@H](COC(=O)c3ccccc3)[C@@H](OC(=O)c3ccccc3)[C@H]2OC(=O)c2ccccc2)c2ccccc2c1=O. The predicted octanol–water partition coefficient (Wildman–Crippen LogP) is 5.38. The third-order valence-corrected chi connectivity index (χ3v) is 7.89. The van der Waals surface area contributed by atoms with E-state index in [4.69, 9.17) is 23.7 Å². The van der Waals surface area contributed by atoms with Crippen LogP contribution in [0.25, 0.3) is 10.9 Å². The first kappa shape index (κ1) is 32.9. The number of esters is 4. The Kier molecular flexibility index (Phi) is 9.91. The third kappa shape index (κ3) is 7.12. The summed E-state index contributed by atoms with van der Waals surface area (Å²) in [6.45, 7) is 1.23. The van der Waals surface area contributed by atoms with Crippen molar-refractivity contribution < 1.29 is 42.9 Å². The minimum absolute atomic E-state index is 0.0225. The molecule has 0 N–H and O–H groups in total. The van der Waals surface area contributed by atoms with Crippen molar-refractivity contribution in [3.63, 3.8) is 0 Å². The summed E-state index contributed by atoms with van der Waals surface area (Å²) in [6.07, 6.45) is -3.85. The van der Waals surface area contributed by atoms with Gasteiger partial charge in [0.15, 0.2) is 18.4 Å². The van der Waals surface area contributed by atoms with Gasteiger partial charge in [0.1, 0.15) is 18.3 Å². The molecule has 11 heteroatoms. The van der Waals surface area contributed by atoms with E-state index in [0.29, 0.717) is 5.52 Å². The van der Waals surface area contributed by atoms with Gasteiger partial charge in [0.05, 0.1) is 28.8 Å². The molecule has 0 aliphatic carbocycles. The van der Waals surface area contributed by atoms with Crippen LogP contribution in [0.3, 0.4) is 0 Å². The lowest BCUT2D eigenvalue weighted by Gasteiger charge is -2.26. The molecule has 1 aromatic heterocycles. The van der Waals surface area contributed by atoms with Crippen LogP contribution in [0, 0.1) is 0 Å². The molecule has 49 heavy (non-hydrogen) atoms. The quantitative estimate of drug-likeness (QED) is 0.142. The molecule has 1 aliphatic heterocycles. The Labute approximate surface area is 280 Å². The van der Waals surface area contributed by atoms with Crippen molar-refractivity contribution in [1.29, 1.82) is 0 Å². The van der Waals surface area contributed by atoms with Gasteiger partial charge in [0.25, 0.3) is 0 Å². The van der Waals surface area contributed by atoms with Crippen molar-refractivity contribution in [1.82, 2.24) is 4.57 Å². The second kappa shape index (κ2) is 14.8. The number of carbonyl (C=O) groups excluding carboxylic acids is 4. The van der Waals surface area contributed by atoms with Gasteiger partial charge in [-0.1, -0.05) is 66.7 Å². The third-order valence-electron chi connectivity index (χ3n) is 7.89. The lowest BCUT2D eigenvalue weighted by molar-refractivity contribution is -0.0605. The first-order chi connectivity index (χ1) is 23.9. The van der Waals surface area contributed by atoms with E-state index in [1.54, 1.807) is 122 Å². The molecule has 1 fully saturated rings. The van der Waals surface area contributed by atoms with E-state index in [1.807, 2.05) is 0 Å². The first-order valence-corrected chi connectivity index (χ1v) is 15.6.